The first-order chi connectivity index (χ1) is 39.2. The van der Waals surface area contributed by atoms with E-state index in [-0.39, 0.29) is 50.6 Å². The van der Waals surface area contributed by atoms with Crippen molar-refractivity contribution in [3.8, 4) is 0 Å². The van der Waals surface area contributed by atoms with E-state index in [9.17, 15) is 48.3 Å². The number of carbonyl (C=O) groups is 10. The lowest BCUT2D eigenvalue weighted by molar-refractivity contribution is -0.149. The Hall–Kier alpha value is -6.90. The third kappa shape index (κ3) is 20.1. The van der Waals surface area contributed by atoms with E-state index in [1.54, 1.807) is 58.0 Å². The molecule has 0 saturated carbocycles. The average Bonchev–Trinajstić information content (AvgIpc) is 3.40. The Morgan fingerprint density at radius 1 is 0.500 bits per heavy atom. The maximum Gasteiger partial charge on any atom is 0.245 e. The predicted octanol–water partition coefficient (Wildman–Crippen LogP) is 3.51. The number of nitrogens with zero attached hydrogens (tertiary/aromatic N) is 6. The molecule has 1 aliphatic heterocycles. The molecule has 2 aromatic rings. The van der Waals surface area contributed by atoms with Crippen LogP contribution < -0.4 is 21.3 Å². The van der Waals surface area contributed by atoms with Gasteiger partial charge in [-0.05, 0) is 74.8 Å². The zero-order valence-corrected chi connectivity index (χ0v) is 53.3. The van der Waals surface area contributed by atoms with Crippen molar-refractivity contribution in [1.82, 2.24) is 50.7 Å². The van der Waals surface area contributed by atoms with Gasteiger partial charge in [-0.15, -0.1) is 0 Å². The number of benzene rings is 2. The molecular weight excluding hydrogens is 1070 g/mol. The van der Waals surface area contributed by atoms with Gasteiger partial charge >= 0.3 is 0 Å². The van der Waals surface area contributed by atoms with Crippen molar-refractivity contribution in [2.75, 3.05) is 55.4 Å². The fraction of sp³-hybridized carbons (Fsp3) is 0.651. The maximum absolute atomic E-state index is 15.1. The molecule has 0 aromatic heterocycles. The van der Waals surface area contributed by atoms with Crippen molar-refractivity contribution >= 4 is 59.1 Å². The van der Waals surface area contributed by atoms with Crippen molar-refractivity contribution in [2.24, 2.45) is 35.5 Å². The molecule has 1 heterocycles. The zero-order chi connectivity index (χ0) is 63.6. The first kappa shape index (κ1) is 71.4. The quantitative estimate of drug-likeness (QED) is 0.206. The second-order valence-corrected chi connectivity index (χ2v) is 24.6. The maximum atomic E-state index is 15.1. The molecule has 84 heavy (non-hydrogen) atoms. The summed E-state index contributed by atoms with van der Waals surface area (Å²) < 4.78 is 0. The molecule has 12 atom stereocenters. The monoisotopic (exact) mass is 1170 g/mol. The van der Waals surface area contributed by atoms with Crippen LogP contribution in [0.2, 0.25) is 0 Å². The van der Waals surface area contributed by atoms with Gasteiger partial charge in [0.2, 0.25) is 59.1 Å². The highest BCUT2D eigenvalue weighted by molar-refractivity contribution is 5.97. The van der Waals surface area contributed by atoms with E-state index in [4.69, 9.17) is 0 Å². The Bertz CT molecular complexity index is 2550. The van der Waals surface area contributed by atoms with Crippen LogP contribution in [0.5, 0.6) is 0 Å². The summed E-state index contributed by atoms with van der Waals surface area (Å²) in [6.07, 6.45) is -0.603. The number of hydrogen-bond donors (Lipinski definition) is 5. The van der Waals surface area contributed by atoms with Crippen molar-refractivity contribution in [3.63, 3.8) is 0 Å². The standard InChI is InChI=1S/C63H100N10O11/c1-19-40(8)54-63(84)70(15)43(11)60(81)72(17)51(33-46-28-24-21-25-29-46)57(78)65-48(44(12)74)34-52(75)68(13)35-41(9)59(80)71(16)49(30-37(2)3)56(77)64-42(10)55(76)66-53(39(6)7)62(83)69(14)36-47(32-45-26-22-20-23-27-45)61(82)73(18)50(31-38(4)5)58(79)67-54/h20-29,37-44,47-51,53-54,74H,19,30-36H2,1-18H3,(H,64,77)(H,65,78)(H,66,76)(H,67,79)/t40-,41+,42-,43-,44+,47+,48+,49+,50-,51-,53+,54-/m0/s1. The lowest BCUT2D eigenvalue weighted by atomic mass is 9.93. The van der Waals surface area contributed by atoms with Crippen LogP contribution in [-0.4, -0.2) is 203 Å². The first-order valence-corrected chi connectivity index (χ1v) is 29.8. The van der Waals surface area contributed by atoms with Crippen LogP contribution >= 0.6 is 0 Å². The van der Waals surface area contributed by atoms with E-state index in [1.807, 2.05) is 65.0 Å². The first-order valence-electron chi connectivity index (χ1n) is 29.8. The van der Waals surface area contributed by atoms with Gasteiger partial charge in [-0.1, -0.05) is 129 Å². The van der Waals surface area contributed by atoms with Gasteiger partial charge in [0.05, 0.1) is 24.0 Å². The molecule has 21 heteroatoms. The lowest BCUT2D eigenvalue weighted by Crippen LogP contribution is -2.60. The number of likely N-dealkylation sites (N-methyl/N-ethyl adjacent to an activating group) is 5. The SMILES string of the molecule is CC[C@H](C)[C@@H]1NC(=O)[C@H](CC(C)C)N(C)C(=O)[C@H](Cc2ccccc2)CN(C)C(=O)[C@@H](C(C)C)NC(=O)[C@H](C)NC(=O)[C@@H](CC(C)C)N(C)C(=O)[C@H](C)CN(C)C(=O)C[C@H]([C@@H](C)O)NC(=O)[C@H](Cc2ccccc2)N(C)C(=O)[C@H](C)N(C)C1=O. The van der Waals surface area contributed by atoms with Crippen molar-refractivity contribution in [2.45, 2.75) is 176 Å². The molecule has 10 amide bonds. The fourth-order valence-corrected chi connectivity index (χ4v) is 10.4. The van der Waals surface area contributed by atoms with Gasteiger partial charge in [0.1, 0.15) is 42.3 Å². The number of aliphatic hydroxyl groups excluding tert-OH is 1. The van der Waals surface area contributed by atoms with E-state index >= 15 is 4.79 Å². The predicted molar refractivity (Wildman–Crippen MR) is 323 cm³/mol. The van der Waals surface area contributed by atoms with Crippen LogP contribution in [0, 0.1) is 35.5 Å². The van der Waals surface area contributed by atoms with Crippen molar-refractivity contribution in [1.29, 1.82) is 0 Å². The highest BCUT2D eigenvalue weighted by Gasteiger charge is 2.41. The Labute approximate surface area is 499 Å². The molecule has 2 aromatic carbocycles. The van der Waals surface area contributed by atoms with Gasteiger partial charge in [-0.2, -0.15) is 0 Å². The second-order valence-electron chi connectivity index (χ2n) is 24.6. The highest BCUT2D eigenvalue weighted by Crippen LogP contribution is 2.23. The van der Waals surface area contributed by atoms with Crippen molar-refractivity contribution < 1.29 is 53.1 Å². The molecule has 0 bridgehead atoms. The van der Waals surface area contributed by atoms with Gasteiger partial charge in [0.15, 0.2) is 0 Å². The third-order valence-corrected chi connectivity index (χ3v) is 16.3. The summed E-state index contributed by atoms with van der Waals surface area (Å²) in [6.45, 7) is 20.6. The molecular formula is C63H100N10O11. The minimum absolute atomic E-state index is 0.0149. The molecule has 0 aliphatic carbocycles. The van der Waals surface area contributed by atoms with Crippen LogP contribution in [0.15, 0.2) is 60.7 Å². The summed E-state index contributed by atoms with van der Waals surface area (Å²) >= 11 is 0. The topological polar surface area (TPSA) is 258 Å². The summed E-state index contributed by atoms with van der Waals surface area (Å²) in [7, 11) is 8.92. The van der Waals surface area contributed by atoms with E-state index in [1.165, 1.54) is 92.5 Å². The molecule has 1 saturated heterocycles. The molecule has 3 rings (SSSR count). The number of carbonyl (C=O) groups excluding carboxylic acids is 10. The van der Waals surface area contributed by atoms with Crippen LogP contribution in [-0.2, 0) is 60.8 Å². The van der Waals surface area contributed by atoms with Crippen LogP contribution in [0.4, 0.5) is 0 Å². The highest BCUT2D eigenvalue weighted by atomic mass is 16.3. The van der Waals surface area contributed by atoms with Gasteiger partial charge in [0.25, 0.3) is 0 Å². The number of nitrogens with one attached hydrogen (secondary N) is 4. The largest absolute Gasteiger partial charge is 0.391 e. The van der Waals surface area contributed by atoms with E-state index in [2.05, 4.69) is 21.3 Å². The summed E-state index contributed by atoms with van der Waals surface area (Å²) in [5, 5.41) is 22.4. The van der Waals surface area contributed by atoms with Gasteiger partial charge in [-0.3, -0.25) is 47.9 Å². The van der Waals surface area contributed by atoms with Gasteiger partial charge in [0, 0.05) is 68.2 Å². The number of amides is 10. The molecule has 0 unspecified atom stereocenters. The normalized spacial score (nSPS) is 26.6. The minimum Gasteiger partial charge on any atom is -0.391 e. The molecule has 468 valence electrons. The van der Waals surface area contributed by atoms with Gasteiger partial charge in [-0.25, -0.2) is 0 Å². The summed E-state index contributed by atoms with van der Waals surface area (Å²) in [4.78, 5) is 153. The molecule has 0 radical (unpaired) electrons. The molecule has 1 fully saturated rings. The molecule has 21 nitrogen and oxygen atoms in total. The fourth-order valence-electron chi connectivity index (χ4n) is 10.4. The van der Waals surface area contributed by atoms with E-state index < -0.39 is 144 Å². The third-order valence-electron chi connectivity index (χ3n) is 16.3. The Balaban J connectivity index is 2.23. The summed E-state index contributed by atoms with van der Waals surface area (Å²) in [5.41, 5.74) is 1.49. The zero-order valence-electron chi connectivity index (χ0n) is 53.3. The molecule has 0 spiro atoms. The van der Waals surface area contributed by atoms with E-state index in [0.717, 1.165) is 5.56 Å². The Kier molecular flexibility index (Phi) is 28.0. The minimum atomic E-state index is -1.26. The number of aliphatic hydroxyl groups is 1. The molecule has 1 aliphatic rings. The van der Waals surface area contributed by atoms with Crippen LogP contribution in [0.3, 0.4) is 0 Å². The average molecular weight is 1170 g/mol. The van der Waals surface area contributed by atoms with Crippen LogP contribution in [0.1, 0.15) is 120 Å². The van der Waals surface area contributed by atoms with Gasteiger partial charge < -0.3 is 55.8 Å². The lowest BCUT2D eigenvalue weighted by Gasteiger charge is -2.37. The number of rotatable bonds is 12. The second kappa shape index (κ2) is 33.0. The van der Waals surface area contributed by atoms with Crippen molar-refractivity contribution in [3.05, 3.63) is 71.8 Å². The van der Waals surface area contributed by atoms with Crippen LogP contribution in [0.25, 0.3) is 0 Å². The molecule has 5 N–H and O–H groups in total. The summed E-state index contributed by atoms with van der Waals surface area (Å²) in [5.74, 6) is -8.56. The Morgan fingerprint density at radius 2 is 0.964 bits per heavy atom. The van der Waals surface area contributed by atoms with E-state index in [0.29, 0.717) is 12.0 Å². The Morgan fingerprint density at radius 3 is 1.45 bits per heavy atom. The smallest absolute Gasteiger partial charge is 0.245 e. The number of hydrogen-bond acceptors (Lipinski definition) is 11. The summed E-state index contributed by atoms with van der Waals surface area (Å²) in [6, 6.07) is 9.07.